The Morgan fingerprint density at radius 3 is 2.48 bits per heavy atom. The van der Waals surface area contributed by atoms with Crippen LogP contribution in [0.5, 0.6) is 0 Å². The molecule has 0 spiro atoms. The van der Waals surface area contributed by atoms with Gasteiger partial charge in [-0.2, -0.15) is 5.10 Å². The summed E-state index contributed by atoms with van der Waals surface area (Å²) in [6, 6.07) is 5.83. The molecule has 1 amide bonds. The molecule has 2 N–H and O–H groups in total. The molecule has 2 aromatic rings. The summed E-state index contributed by atoms with van der Waals surface area (Å²) in [6.07, 6.45) is 6.55. The normalized spacial score (nSPS) is 16.2. The van der Waals surface area contributed by atoms with Gasteiger partial charge in [0, 0.05) is 36.5 Å². The first-order valence-electron chi connectivity index (χ1n) is 8.27. The molecule has 1 aromatic heterocycles. The number of rotatable bonds is 6. The lowest BCUT2D eigenvalue weighted by molar-refractivity contribution is 0.0917. The SMILES string of the molecule is CC(NS(=O)(=O)c1ccc(C(=O)NC2CCC2)cc1)c1cnn(C)c1. The first-order valence-corrected chi connectivity index (χ1v) is 9.75. The van der Waals surface area contributed by atoms with Crippen molar-refractivity contribution in [3.63, 3.8) is 0 Å². The van der Waals surface area contributed by atoms with Crippen LogP contribution in [0.1, 0.15) is 48.1 Å². The van der Waals surface area contributed by atoms with Crippen LogP contribution in [0, 0.1) is 0 Å². The van der Waals surface area contributed by atoms with Crippen LogP contribution in [0.25, 0.3) is 0 Å². The van der Waals surface area contributed by atoms with Gasteiger partial charge in [-0.1, -0.05) is 0 Å². The minimum atomic E-state index is -3.68. The predicted molar refractivity (Wildman–Crippen MR) is 93.5 cm³/mol. The van der Waals surface area contributed by atoms with E-state index in [4.69, 9.17) is 0 Å². The number of benzene rings is 1. The number of carbonyl (C=O) groups is 1. The third-order valence-corrected chi connectivity index (χ3v) is 5.98. The van der Waals surface area contributed by atoms with Gasteiger partial charge in [0.1, 0.15) is 0 Å². The number of aryl methyl sites for hydroxylation is 1. The van der Waals surface area contributed by atoms with Crippen molar-refractivity contribution in [3.8, 4) is 0 Å². The molecule has 0 saturated heterocycles. The standard InChI is InChI=1S/C17H22N4O3S/c1-12(14-10-18-21(2)11-14)20-25(23,24)16-8-6-13(7-9-16)17(22)19-15-4-3-5-15/h6-12,15,20H,3-5H2,1-2H3,(H,19,22). The Morgan fingerprint density at radius 1 is 1.28 bits per heavy atom. The summed E-state index contributed by atoms with van der Waals surface area (Å²) in [5.41, 5.74) is 1.24. The van der Waals surface area contributed by atoms with Crippen molar-refractivity contribution in [2.24, 2.45) is 7.05 Å². The highest BCUT2D eigenvalue weighted by Gasteiger charge is 2.22. The summed E-state index contributed by atoms with van der Waals surface area (Å²) >= 11 is 0. The molecule has 134 valence electrons. The van der Waals surface area contributed by atoms with Crippen LogP contribution in [0.3, 0.4) is 0 Å². The summed E-state index contributed by atoms with van der Waals surface area (Å²) in [5.74, 6) is -0.162. The van der Waals surface area contributed by atoms with E-state index in [2.05, 4.69) is 15.1 Å². The van der Waals surface area contributed by atoms with Crippen LogP contribution in [0.15, 0.2) is 41.6 Å². The molecule has 0 radical (unpaired) electrons. The van der Waals surface area contributed by atoms with Crippen molar-refractivity contribution in [1.29, 1.82) is 0 Å². The second kappa shape index (κ2) is 6.97. The maximum absolute atomic E-state index is 12.5. The van der Waals surface area contributed by atoms with E-state index in [0.717, 1.165) is 24.8 Å². The fourth-order valence-corrected chi connectivity index (χ4v) is 3.87. The molecule has 1 fully saturated rings. The summed E-state index contributed by atoms with van der Waals surface area (Å²) in [6.45, 7) is 1.76. The molecule has 1 saturated carbocycles. The molecule has 1 heterocycles. The van der Waals surface area contributed by atoms with Gasteiger partial charge >= 0.3 is 0 Å². The molecule has 1 atom stereocenters. The first-order chi connectivity index (χ1) is 11.8. The molecule has 1 unspecified atom stereocenters. The van der Waals surface area contributed by atoms with Gasteiger partial charge in [-0.05, 0) is 50.5 Å². The minimum Gasteiger partial charge on any atom is -0.349 e. The Hall–Kier alpha value is -2.19. The monoisotopic (exact) mass is 362 g/mol. The Balaban J connectivity index is 1.68. The molecular weight excluding hydrogens is 340 g/mol. The lowest BCUT2D eigenvalue weighted by Crippen LogP contribution is -2.39. The molecule has 1 aromatic carbocycles. The van der Waals surface area contributed by atoms with Gasteiger partial charge < -0.3 is 5.32 Å². The van der Waals surface area contributed by atoms with Crippen LogP contribution in [0.2, 0.25) is 0 Å². The van der Waals surface area contributed by atoms with Gasteiger partial charge in [-0.3, -0.25) is 9.48 Å². The van der Waals surface area contributed by atoms with E-state index in [1.165, 1.54) is 24.3 Å². The van der Waals surface area contributed by atoms with Crippen molar-refractivity contribution in [3.05, 3.63) is 47.8 Å². The number of nitrogens with one attached hydrogen (secondary N) is 2. The second-order valence-corrected chi connectivity index (χ2v) is 8.13. The lowest BCUT2D eigenvalue weighted by atomic mass is 9.93. The molecule has 0 aliphatic heterocycles. The van der Waals surface area contributed by atoms with Gasteiger partial charge in [0.2, 0.25) is 10.0 Å². The van der Waals surface area contributed by atoms with Gasteiger partial charge in [0.05, 0.1) is 11.1 Å². The van der Waals surface area contributed by atoms with Gasteiger partial charge in [-0.15, -0.1) is 0 Å². The Kier molecular flexibility index (Phi) is 4.91. The highest BCUT2D eigenvalue weighted by atomic mass is 32.2. The number of carbonyl (C=O) groups excluding carboxylic acids is 1. The maximum Gasteiger partial charge on any atom is 0.251 e. The number of hydrogen-bond donors (Lipinski definition) is 2. The minimum absolute atomic E-state index is 0.128. The van der Waals surface area contributed by atoms with Crippen LogP contribution in [-0.2, 0) is 17.1 Å². The van der Waals surface area contributed by atoms with E-state index in [1.54, 1.807) is 31.0 Å². The highest BCUT2D eigenvalue weighted by Crippen LogP contribution is 2.20. The van der Waals surface area contributed by atoms with E-state index in [9.17, 15) is 13.2 Å². The number of amides is 1. The van der Waals surface area contributed by atoms with Gasteiger partial charge in [0.25, 0.3) is 5.91 Å². The summed E-state index contributed by atoms with van der Waals surface area (Å²) in [4.78, 5) is 12.2. The molecule has 25 heavy (non-hydrogen) atoms. The summed E-state index contributed by atoms with van der Waals surface area (Å²) in [7, 11) is -1.90. The van der Waals surface area contributed by atoms with Crippen LogP contribution in [0.4, 0.5) is 0 Å². The van der Waals surface area contributed by atoms with E-state index in [-0.39, 0.29) is 16.8 Å². The zero-order chi connectivity index (χ0) is 18.0. The van der Waals surface area contributed by atoms with Crippen molar-refractivity contribution in [1.82, 2.24) is 19.8 Å². The Labute approximate surface area is 147 Å². The van der Waals surface area contributed by atoms with Crippen LogP contribution >= 0.6 is 0 Å². The zero-order valence-electron chi connectivity index (χ0n) is 14.3. The first kappa shape index (κ1) is 17.6. The third-order valence-electron chi connectivity index (χ3n) is 4.42. The van der Waals surface area contributed by atoms with E-state index >= 15 is 0 Å². The molecule has 0 bridgehead atoms. The number of aromatic nitrogens is 2. The Bertz CT molecular complexity index is 854. The number of sulfonamides is 1. The molecule has 1 aliphatic rings. The molecule has 8 heteroatoms. The fourth-order valence-electron chi connectivity index (χ4n) is 2.64. The quantitative estimate of drug-likeness (QED) is 0.819. The number of nitrogens with zero attached hydrogens (tertiary/aromatic N) is 2. The third kappa shape index (κ3) is 4.08. The van der Waals surface area contributed by atoms with Gasteiger partial charge in [-0.25, -0.2) is 13.1 Å². The maximum atomic E-state index is 12.5. The van der Waals surface area contributed by atoms with Crippen LogP contribution in [-0.4, -0.2) is 30.1 Å². The average molecular weight is 362 g/mol. The smallest absolute Gasteiger partial charge is 0.251 e. The van der Waals surface area contributed by atoms with Gasteiger partial charge in [0.15, 0.2) is 0 Å². The van der Waals surface area contributed by atoms with Crippen molar-refractivity contribution >= 4 is 15.9 Å². The van der Waals surface area contributed by atoms with Crippen molar-refractivity contribution < 1.29 is 13.2 Å². The van der Waals surface area contributed by atoms with Crippen molar-refractivity contribution in [2.75, 3.05) is 0 Å². The lowest BCUT2D eigenvalue weighted by Gasteiger charge is -2.26. The summed E-state index contributed by atoms with van der Waals surface area (Å²) in [5, 5.41) is 6.98. The summed E-state index contributed by atoms with van der Waals surface area (Å²) < 4.78 is 29.2. The topological polar surface area (TPSA) is 93.1 Å². The van der Waals surface area contributed by atoms with E-state index in [0.29, 0.717) is 5.56 Å². The average Bonchev–Trinajstić information content (AvgIpc) is 2.97. The van der Waals surface area contributed by atoms with E-state index in [1.807, 2.05) is 0 Å². The molecule has 3 rings (SSSR count). The highest BCUT2D eigenvalue weighted by molar-refractivity contribution is 7.89. The van der Waals surface area contributed by atoms with Crippen molar-refractivity contribution in [2.45, 2.75) is 43.2 Å². The zero-order valence-corrected chi connectivity index (χ0v) is 15.1. The Morgan fingerprint density at radius 2 is 1.96 bits per heavy atom. The van der Waals surface area contributed by atoms with Crippen LogP contribution < -0.4 is 10.0 Å². The molecule has 1 aliphatic carbocycles. The molecular formula is C17H22N4O3S. The second-order valence-electron chi connectivity index (χ2n) is 6.42. The van der Waals surface area contributed by atoms with E-state index < -0.39 is 16.1 Å². The number of hydrogen-bond acceptors (Lipinski definition) is 4. The molecule has 7 nitrogen and oxygen atoms in total. The predicted octanol–water partition coefficient (Wildman–Crippen LogP) is 1.74. The fraction of sp³-hybridized carbons (Fsp3) is 0.412. The largest absolute Gasteiger partial charge is 0.349 e.